The van der Waals surface area contributed by atoms with Gasteiger partial charge in [-0.15, -0.1) is 0 Å². The molecule has 1 saturated heterocycles. The smallest absolute Gasteiger partial charge is 0.0239 e. The van der Waals surface area contributed by atoms with Gasteiger partial charge in [0, 0.05) is 18.6 Å². The van der Waals surface area contributed by atoms with E-state index in [1.54, 1.807) is 0 Å². The van der Waals surface area contributed by atoms with E-state index in [1.807, 2.05) is 0 Å². The summed E-state index contributed by atoms with van der Waals surface area (Å²) in [7, 11) is 0. The van der Waals surface area contributed by atoms with Crippen molar-refractivity contribution in [1.29, 1.82) is 0 Å². The summed E-state index contributed by atoms with van der Waals surface area (Å²) >= 11 is 0. The van der Waals surface area contributed by atoms with Crippen LogP contribution in [0.5, 0.6) is 0 Å². The van der Waals surface area contributed by atoms with E-state index in [2.05, 4.69) is 54.4 Å². The average molecular weight is 246 g/mol. The molecule has 0 radical (unpaired) electrons. The highest BCUT2D eigenvalue weighted by Crippen LogP contribution is 2.20. The van der Waals surface area contributed by atoms with Crippen molar-refractivity contribution in [2.24, 2.45) is 0 Å². The van der Waals surface area contributed by atoms with E-state index in [0.717, 1.165) is 12.6 Å². The summed E-state index contributed by atoms with van der Waals surface area (Å²) in [6, 6.07) is 12.3. The van der Waals surface area contributed by atoms with Crippen LogP contribution >= 0.6 is 0 Å². The van der Waals surface area contributed by atoms with E-state index in [0.29, 0.717) is 6.04 Å². The number of benzene rings is 1. The van der Waals surface area contributed by atoms with Crippen LogP contribution in [-0.2, 0) is 6.54 Å². The summed E-state index contributed by atoms with van der Waals surface area (Å²) in [6.45, 7) is 8.11. The molecule has 0 aliphatic carbocycles. The first kappa shape index (κ1) is 13.6. The van der Waals surface area contributed by atoms with E-state index in [4.69, 9.17) is 0 Å². The number of nitrogens with one attached hydrogen (secondary N) is 1. The maximum absolute atomic E-state index is 3.46. The largest absolute Gasteiger partial charge is 0.317 e. The predicted octanol–water partition coefficient (Wildman–Crippen LogP) is 3.04. The molecule has 1 aliphatic heterocycles. The van der Waals surface area contributed by atoms with Crippen molar-refractivity contribution in [2.45, 2.75) is 51.7 Å². The third-order valence-corrected chi connectivity index (χ3v) is 4.14. The van der Waals surface area contributed by atoms with Crippen molar-refractivity contribution >= 4 is 0 Å². The van der Waals surface area contributed by atoms with Crippen LogP contribution < -0.4 is 5.32 Å². The quantitative estimate of drug-likeness (QED) is 0.859. The lowest BCUT2D eigenvalue weighted by molar-refractivity contribution is 0.106. The fraction of sp³-hybridized carbons (Fsp3) is 0.625. The van der Waals surface area contributed by atoms with E-state index in [9.17, 15) is 0 Å². The summed E-state index contributed by atoms with van der Waals surface area (Å²) in [5.74, 6) is 0. The molecule has 0 spiro atoms. The van der Waals surface area contributed by atoms with E-state index in [-0.39, 0.29) is 0 Å². The highest BCUT2D eigenvalue weighted by Gasteiger charge is 2.24. The van der Waals surface area contributed by atoms with Crippen LogP contribution in [-0.4, -0.2) is 30.1 Å². The first-order valence-corrected chi connectivity index (χ1v) is 7.31. The van der Waals surface area contributed by atoms with Crippen molar-refractivity contribution in [3.63, 3.8) is 0 Å². The third kappa shape index (κ3) is 3.56. The highest BCUT2D eigenvalue weighted by atomic mass is 15.2. The van der Waals surface area contributed by atoms with E-state index < -0.39 is 0 Å². The minimum atomic E-state index is 0.674. The number of nitrogens with zero attached hydrogens (tertiary/aromatic N) is 1. The van der Waals surface area contributed by atoms with Crippen LogP contribution in [0, 0.1) is 0 Å². The molecule has 0 aromatic heterocycles. The molecule has 2 nitrogen and oxygen atoms in total. The maximum Gasteiger partial charge on any atom is 0.0239 e. The standard InChI is InChI=1S/C16H26N2/c1-3-14(2)18(16-9-11-17-12-10-16)13-15-7-5-4-6-8-15/h4-8,14,16-17H,3,9-13H2,1-2H3. The van der Waals surface area contributed by atoms with Gasteiger partial charge in [-0.1, -0.05) is 37.3 Å². The predicted molar refractivity (Wildman–Crippen MR) is 77.6 cm³/mol. The zero-order valence-corrected chi connectivity index (χ0v) is 11.7. The Labute approximate surface area is 111 Å². The minimum absolute atomic E-state index is 0.674. The zero-order chi connectivity index (χ0) is 12.8. The Kier molecular flexibility index (Phi) is 5.21. The van der Waals surface area contributed by atoms with E-state index in [1.165, 1.54) is 37.9 Å². The van der Waals surface area contributed by atoms with E-state index >= 15 is 0 Å². The summed E-state index contributed by atoms with van der Waals surface area (Å²) in [6.07, 6.45) is 3.81. The summed E-state index contributed by atoms with van der Waals surface area (Å²) in [4.78, 5) is 2.70. The van der Waals surface area contributed by atoms with Crippen LogP contribution in [0.25, 0.3) is 0 Å². The number of hydrogen-bond donors (Lipinski definition) is 1. The van der Waals surface area contributed by atoms with Crippen molar-refractivity contribution in [3.05, 3.63) is 35.9 Å². The molecule has 1 fully saturated rings. The van der Waals surface area contributed by atoms with Gasteiger partial charge in [-0.2, -0.15) is 0 Å². The average Bonchev–Trinajstić information content (AvgIpc) is 2.46. The molecule has 1 heterocycles. The van der Waals surface area contributed by atoms with Gasteiger partial charge in [0.05, 0.1) is 0 Å². The van der Waals surface area contributed by atoms with Crippen LogP contribution in [0.2, 0.25) is 0 Å². The number of rotatable bonds is 5. The van der Waals surface area contributed by atoms with Gasteiger partial charge >= 0.3 is 0 Å². The van der Waals surface area contributed by atoms with Crippen molar-refractivity contribution < 1.29 is 0 Å². The molecule has 2 heteroatoms. The molecular formula is C16H26N2. The second kappa shape index (κ2) is 6.91. The van der Waals surface area contributed by atoms with Crippen LogP contribution in [0.4, 0.5) is 0 Å². The number of piperidine rings is 1. The van der Waals surface area contributed by atoms with Gasteiger partial charge in [-0.25, -0.2) is 0 Å². The molecule has 2 rings (SSSR count). The second-order valence-electron chi connectivity index (χ2n) is 5.40. The molecule has 18 heavy (non-hydrogen) atoms. The SMILES string of the molecule is CCC(C)N(Cc1ccccc1)C1CCNCC1. The van der Waals surface area contributed by atoms with Crippen molar-refractivity contribution in [3.8, 4) is 0 Å². The summed E-state index contributed by atoms with van der Waals surface area (Å²) in [5, 5.41) is 3.46. The molecule has 0 saturated carbocycles. The maximum atomic E-state index is 3.46. The normalized spacial score (nSPS) is 19.1. The van der Waals surface area contributed by atoms with Gasteiger partial charge in [-0.3, -0.25) is 4.90 Å². The fourth-order valence-corrected chi connectivity index (χ4v) is 2.81. The molecular weight excluding hydrogens is 220 g/mol. The first-order chi connectivity index (χ1) is 8.81. The van der Waals surface area contributed by atoms with Gasteiger partial charge in [-0.05, 0) is 44.8 Å². The molecule has 1 atom stereocenters. The Morgan fingerprint density at radius 3 is 2.50 bits per heavy atom. The lowest BCUT2D eigenvalue weighted by atomic mass is 10.0. The van der Waals surface area contributed by atoms with Crippen LogP contribution in [0.3, 0.4) is 0 Å². The molecule has 0 amide bonds. The third-order valence-electron chi connectivity index (χ3n) is 4.14. The van der Waals surface area contributed by atoms with Gasteiger partial charge in [0.25, 0.3) is 0 Å². The lowest BCUT2D eigenvalue weighted by Crippen LogP contribution is -2.46. The monoisotopic (exact) mass is 246 g/mol. The van der Waals surface area contributed by atoms with Crippen LogP contribution in [0.15, 0.2) is 30.3 Å². The molecule has 1 aromatic rings. The Bertz CT molecular complexity index is 330. The van der Waals surface area contributed by atoms with Crippen molar-refractivity contribution in [2.75, 3.05) is 13.1 Å². The van der Waals surface area contributed by atoms with Gasteiger partial charge < -0.3 is 5.32 Å². The topological polar surface area (TPSA) is 15.3 Å². The van der Waals surface area contributed by atoms with Crippen LogP contribution in [0.1, 0.15) is 38.7 Å². The van der Waals surface area contributed by atoms with Gasteiger partial charge in [0.15, 0.2) is 0 Å². The Morgan fingerprint density at radius 1 is 1.22 bits per heavy atom. The fourth-order valence-electron chi connectivity index (χ4n) is 2.81. The Hall–Kier alpha value is -0.860. The van der Waals surface area contributed by atoms with Gasteiger partial charge in [0.2, 0.25) is 0 Å². The minimum Gasteiger partial charge on any atom is -0.317 e. The molecule has 1 unspecified atom stereocenters. The first-order valence-electron chi connectivity index (χ1n) is 7.31. The second-order valence-corrected chi connectivity index (χ2v) is 5.40. The summed E-state index contributed by atoms with van der Waals surface area (Å²) in [5.41, 5.74) is 1.44. The Balaban J connectivity index is 2.04. The zero-order valence-electron chi connectivity index (χ0n) is 11.7. The Morgan fingerprint density at radius 2 is 1.89 bits per heavy atom. The lowest BCUT2D eigenvalue weighted by Gasteiger charge is -2.38. The molecule has 1 N–H and O–H groups in total. The molecule has 1 aromatic carbocycles. The highest BCUT2D eigenvalue weighted by molar-refractivity contribution is 5.14. The molecule has 100 valence electrons. The molecule has 1 aliphatic rings. The van der Waals surface area contributed by atoms with Gasteiger partial charge in [0.1, 0.15) is 0 Å². The summed E-state index contributed by atoms with van der Waals surface area (Å²) < 4.78 is 0. The molecule has 0 bridgehead atoms. The van der Waals surface area contributed by atoms with Crippen molar-refractivity contribution in [1.82, 2.24) is 10.2 Å². The number of hydrogen-bond acceptors (Lipinski definition) is 2.